The molecule has 0 radical (unpaired) electrons. The highest BCUT2D eigenvalue weighted by Crippen LogP contribution is 2.24. The lowest BCUT2D eigenvalue weighted by Gasteiger charge is -2.25. The minimum atomic E-state index is 0.113. The summed E-state index contributed by atoms with van der Waals surface area (Å²) in [5.41, 5.74) is 6.87. The van der Waals surface area contributed by atoms with Gasteiger partial charge in [0.1, 0.15) is 5.75 Å². The molecule has 3 N–H and O–H groups in total. The highest BCUT2D eigenvalue weighted by Gasteiger charge is 2.19. The number of nitrogens with two attached hydrogens (primary N) is 1. The second-order valence-electron chi connectivity index (χ2n) is 4.58. The maximum Gasteiger partial charge on any atom is 0.118 e. The third-order valence-electron chi connectivity index (χ3n) is 2.76. The number of benzene rings is 1. The molecule has 0 aliphatic heterocycles. The Morgan fingerprint density at radius 3 is 2.38 bits per heavy atom. The zero-order valence-electron chi connectivity index (χ0n) is 10.4. The van der Waals surface area contributed by atoms with Crippen molar-refractivity contribution >= 4 is 0 Å². The molecule has 1 aromatic carbocycles. The van der Waals surface area contributed by atoms with Crippen LogP contribution in [0, 0.1) is 0 Å². The molecule has 3 nitrogen and oxygen atoms in total. The van der Waals surface area contributed by atoms with Gasteiger partial charge in [-0.2, -0.15) is 0 Å². The van der Waals surface area contributed by atoms with Crippen LogP contribution < -0.4 is 15.8 Å². The number of hydrogen-bond donors (Lipinski definition) is 2. The van der Waals surface area contributed by atoms with Crippen molar-refractivity contribution in [1.82, 2.24) is 5.32 Å². The fourth-order valence-electron chi connectivity index (χ4n) is 1.65. The van der Waals surface area contributed by atoms with Gasteiger partial charge in [-0.3, -0.25) is 0 Å². The first-order valence-electron chi connectivity index (χ1n) is 5.65. The van der Waals surface area contributed by atoms with Crippen LogP contribution in [-0.4, -0.2) is 26.7 Å². The van der Waals surface area contributed by atoms with Crippen LogP contribution in [0.4, 0.5) is 0 Å². The number of hydrogen-bond acceptors (Lipinski definition) is 3. The summed E-state index contributed by atoms with van der Waals surface area (Å²) in [4.78, 5) is 0. The van der Waals surface area contributed by atoms with Crippen molar-refractivity contribution in [2.45, 2.75) is 19.3 Å². The van der Waals surface area contributed by atoms with Crippen LogP contribution in [0.1, 0.15) is 19.4 Å². The second kappa shape index (κ2) is 5.87. The van der Waals surface area contributed by atoms with Gasteiger partial charge >= 0.3 is 0 Å². The quantitative estimate of drug-likeness (QED) is 0.717. The molecule has 0 bridgehead atoms. The number of methoxy groups -OCH3 is 1. The van der Waals surface area contributed by atoms with Crippen LogP contribution >= 0.6 is 0 Å². The van der Waals surface area contributed by atoms with Gasteiger partial charge in [-0.05, 0) is 17.7 Å². The molecule has 0 aliphatic rings. The van der Waals surface area contributed by atoms with Gasteiger partial charge < -0.3 is 15.8 Å². The third-order valence-corrected chi connectivity index (χ3v) is 2.76. The van der Waals surface area contributed by atoms with Crippen LogP contribution in [0.5, 0.6) is 5.75 Å². The van der Waals surface area contributed by atoms with Crippen molar-refractivity contribution in [2.24, 2.45) is 5.73 Å². The average molecular weight is 222 g/mol. The normalized spacial score (nSPS) is 11.5. The molecule has 0 saturated carbocycles. The Kier molecular flexibility index (Phi) is 4.77. The summed E-state index contributed by atoms with van der Waals surface area (Å²) in [6.07, 6.45) is 0. The highest BCUT2D eigenvalue weighted by atomic mass is 16.5. The van der Waals surface area contributed by atoms with E-state index in [1.165, 1.54) is 5.56 Å². The van der Waals surface area contributed by atoms with Crippen LogP contribution in [0.2, 0.25) is 0 Å². The first-order valence-corrected chi connectivity index (χ1v) is 5.65. The van der Waals surface area contributed by atoms with E-state index in [2.05, 4.69) is 31.3 Å². The smallest absolute Gasteiger partial charge is 0.118 e. The fraction of sp³-hybridized carbons (Fsp3) is 0.538. The molecule has 0 atom stereocenters. The number of rotatable bonds is 6. The fourth-order valence-corrected chi connectivity index (χ4v) is 1.65. The van der Waals surface area contributed by atoms with Gasteiger partial charge in [0.25, 0.3) is 0 Å². The van der Waals surface area contributed by atoms with Gasteiger partial charge in [-0.25, -0.2) is 0 Å². The molecule has 1 aromatic rings. The van der Waals surface area contributed by atoms with Crippen molar-refractivity contribution in [3.05, 3.63) is 29.8 Å². The summed E-state index contributed by atoms with van der Waals surface area (Å²) >= 11 is 0. The zero-order valence-corrected chi connectivity index (χ0v) is 10.4. The highest BCUT2D eigenvalue weighted by molar-refractivity contribution is 5.31. The van der Waals surface area contributed by atoms with E-state index in [1.54, 1.807) is 7.11 Å². The van der Waals surface area contributed by atoms with E-state index in [0.29, 0.717) is 6.54 Å². The maximum atomic E-state index is 5.46. The van der Waals surface area contributed by atoms with E-state index in [0.717, 1.165) is 18.8 Å². The molecule has 16 heavy (non-hydrogen) atoms. The molecular weight excluding hydrogens is 200 g/mol. The monoisotopic (exact) mass is 222 g/mol. The van der Waals surface area contributed by atoms with Crippen LogP contribution in [0.3, 0.4) is 0 Å². The van der Waals surface area contributed by atoms with Crippen LogP contribution in [0.25, 0.3) is 0 Å². The van der Waals surface area contributed by atoms with E-state index in [-0.39, 0.29) is 5.41 Å². The molecule has 0 saturated heterocycles. The topological polar surface area (TPSA) is 47.3 Å². The van der Waals surface area contributed by atoms with Crippen molar-refractivity contribution < 1.29 is 4.74 Å². The Morgan fingerprint density at radius 1 is 1.25 bits per heavy atom. The summed E-state index contributed by atoms with van der Waals surface area (Å²) in [6.45, 7) is 6.91. The van der Waals surface area contributed by atoms with Crippen molar-refractivity contribution in [2.75, 3.05) is 26.7 Å². The van der Waals surface area contributed by atoms with Gasteiger partial charge in [0.05, 0.1) is 7.11 Å². The van der Waals surface area contributed by atoms with Gasteiger partial charge in [0.2, 0.25) is 0 Å². The number of nitrogens with one attached hydrogen (secondary N) is 1. The molecule has 0 amide bonds. The Labute approximate surface area is 98.0 Å². The summed E-state index contributed by atoms with van der Waals surface area (Å²) < 4.78 is 5.15. The van der Waals surface area contributed by atoms with E-state index in [9.17, 15) is 0 Å². The average Bonchev–Trinajstić information content (AvgIpc) is 2.29. The van der Waals surface area contributed by atoms with Crippen molar-refractivity contribution in [3.8, 4) is 5.75 Å². The Bertz CT molecular complexity index is 306. The molecule has 3 heteroatoms. The maximum absolute atomic E-state index is 5.46. The summed E-state index contributed by atoms with van der Waals surface area (Å²) in [6, 6.07) is 8.23. The summed E-state index contributed by atoms with van der Waals surface area (Å²) in [7, 11) is 1.68. The van der Waals surface area contributed by atoms with Gasteiger partial charge in [-0.15, -0.1) is 0 Å². The Balaban J connectivity index is 2.65. The number of ether oxygens (including phenoxy) is 1. The van der Waals surface area contributed by atoms with Gasteiger partial charge in [0, 0.05) is 25.0 Å². The summed E-state index contributed by atoms with van der Waals surface area (Å²) in [5.74, 6) is 0.898. The molecule has 0 spiro atoms. The van der Waals surface area contributed by atoms with E-state index in [4.69, 9.17) is 10.5 Å². The van der Waals surface area contributed by atoms with E-state index in [1.807, 2.05) is 12.1 Å². The third kappa shape index (κ3) is 3.51. The second-order valence-corrected chi connectivity index (χ2v) is 4.58. The minimum Gasteiger partial charge on any atom is -0.497 e. The molecule has 0 fully saturated rings. The lowest BCUT2D eigenvalue weighted by Crippen LogP contribution is -2.35. The van der Waals surface area contributed by atoms with Crippen molar-refractivity contribution in [1.29, 1.82) is 0 Å². The molecule has 0 unspecified atom stereocenters. The first-order chi connectivity index (χ1) is 7.60. The molecule has 0 aliphatic carbocycles. The van der Waals surface area contributed by atoms with E-state index >= 15 is 0 Å². The summed E-state index contributed by atoms with van der Waals surface area (Å²) in [5, 5.41) is 3.35. The standard InChI is InChI=1S/C13H22N2O/c1-13(2,10-15-9-8-14)11-4-6-12(16-3)7-5-11/h4-7,15H,8-10,14H2,1-3H3. The Morgan fingerprint density at radius 2 is 1.88 bits per heavy atom. The molecular formula is C13H22N2O. The van der Waals surface area contributed by atoms with Crippen LogP contribution in [0.15, 0.2) is 24.3 Å². The molecule has 1 rings (SSSR count). The van der Waals surface area contributed by atoms with Crippen LogP contribution in [-0.2, 0) is 5.41 Å². The molecule has 0 heterocycles. The Hall–Kier alpha value is -1.06. The van der Waals surface area contributed by atoms with Gasteiger partial charge in [0.15, 0.2) is 0 Å². The molecule has 90 valence electrons. The predicted molar refractivity (Wildman–Crippen MR) is 67.9 cm³/mol. The van der Waals surface area contributed by atoms with Gasteiger partial charge in [-0.1, -0.05) is 26.0 Å². The molecule has 0 aromatic heterocycles. The van der Waals surface area contributed by atoms with E-state index < -0.39 is 0 Å². The zero-order chi connectivity index (χ0) is 12.0. The SMILES string of the molecule is COc1ccc(C(C)(C)CNCCN)cc1. The first kappa shape index (κ1) is 13.0. The van der Waals surface area contributed by atoms with Crippen molar-refractivity contribution in [3.63, 3.8) is 0 Å². The lowest BCUT2D eigenvalue weighted by atomic mass is 9.84. The largest absolute Gasteiger partial charge is 0.497 e. The lowest BCUT2D eigenvalue weighted by molar-refractivity contribution is 0.413. The minimum absolute atomic E-state index is 0.113. The predicted octanol–water partition coefficient (Wildman–Crippen LogP) is 1.52.